The van der Waals surface area contributed by atoms with Gasteiger partial charge in [0, 0.05) is 11.8 Å². The van der Waals surface area contributed by atoms with Gasteiger partial charge in [-0.05, 0) is 24.3 Å². The van der Waals surface area contributed by atoms with Crippen molar-refractivity contribution >= 4 is 17.5 Å². The number of nitrogens with zero attached hydrogens (tertiary/aromatic N) is 1. The number of hydrogen-bond donors (Lipinski definition) is 3. The van der Waals surface area contributed by atoms with Crippen LogP contribution >= 0.6 is 0 Å². The van der Waals surface area contributed by atoms with Gasteiger partial charge in [0.2, 0.25) is 0 Å². The van der Waals surface area contributed by atoms with Crippen LogP contribution in [0.3, 0.4) is 0 Å². The fourth-order valence-electron chi connectivity index (χ4n) is 1.14. The molecule has 0 aliphatic heterocycles. The van der Waals surface area contributed by atoms with Crippen molar-refractivity contribution in [2.75, 3.05) is 10.6 Å². The van der Waals surface area contributed by atoms with Gasteiger partial charge < -0.3 is 5.32 Å². The van der Waals surface area contributed by atoms with E-state index in [0.717, 1.165) is 0 Å². The number of H-pyrrole nitrogens is 1. The first-order valence-corrected chi connectivity index (χ1v) is 4.57. The number of benzene rings is 1. The summed E-state index contributed by atoms with van der Waals surface area (Å²) >= 11 is 0. The van der Waals surface area contributed by atoms with Crippen molar-refractivity contribution in [1.29, 1.82) is 0 Å². The SMILES string of the molecule is O=C(Nc1ccc(F)cc1)Nc1ccn[nH]1. The second-order valence-corrected chi connectivity index (χ2v) is 3.06. The van der Waals surface area contributed by atoms with Gasteiger partial charge in [0.25, 0.3) is 0 Å². The molecule has 2 aromatic rings. The number of aromatic amines is 1. The standard InChI is InChI=1S/C10H9FN4O/c11-7-1-3-8(4-2-7)13-10(16)14-9-5-6-12-15-9/h1-6H,(H3,12,13,14,15,16). The summed E-state index contributed by atoms with van der Waals surface area (Å²) in [5.41, 5.74) is 0.512. The van der Waals surface area contributed by atoms with Crippen molar-refractivity contribution in [1.82, 2.24) is 10.2 Å². The lowest BCUT2D eigenvalue weighted by Gasteiger charge is -2.05. The van der Waals surface area contributed by atoms with Gasteiger partial charge in [-0.3, -0.25) is 10.4 Å². The molecule has 0 fully saturated rings. The molecule has 6 heteroatoms. The molecule has 0 unspecified atom stereocenters. The zero-order chi connectivity index (χ0) is 11.4. The number of halogens is 1. The molecule has 0 radical (unpaired) electrons. The molecule has 82 valence electrons. The van der Waals surface area contributed by atoms with Crippen LogP contribution in [0.1, 0.15) is 0 Å². The van der Waals surface area contributed by atoms with E-state index in [1.807, 2.05) is 0 Å². The van der Waals surface area contributed by atoms with Crippen molar-refractivity contribution in [3.05, 3.63) is 42.3 Å². The molecular formula is C10H9FN4O. The van der Waals surface area contributed by atoms with Crippen LogP contribution < -0.4 is 10.6 Å². The molecule has 3 N–H and O–H groups in total. The summed E-state index contributed by atoms with van der Waals surface area (Å²) in [6, 6.07) is 6.68. The van der Waals surface area contributed by atoms with Crippen LogP contribution in [0.5, 0.6) is 0 Å². The minimum Gasteiger partial charge on any atom is -0.308 e. The molecule has 0 spiro atoms. The van der Waals surface area contributed by atoms with Crippen LogP contribution in [-0.4, -0.2) is 16.2 Å². The molecular weight excluding hydrogens is 211 g/mol. The topological polar surface area (TPSA) is 69.8 Å². The van der Waals surface area contributed by atoms with Crippen LogP contribution in [0.2, 0.25) is 0 Å². The minimum absolute atomic E-state index is 0.348. The summed E-state index contributed by atoms with van der Waals surface area (Å²) in [4.78, 5) is 11.4. The first-order valence-electron chi connectivity index (χ1n) is 4.57. The smallest absolute Gasteiger partial charge is 0.308 e. The average molecular weight is 220 g/mol. The molecule has 2 amide bonds. The van der Waals surface area contributed by atoms with Crippen molar-refractivity contribution in [3.8, 4) is 0 Å². The number of aromatic nitrogens is 2. The monoisotopic (exact) mass is 220 g/mol. The third-order valence-corrected chi connectivity index (χ3v) is 1.85. The Kier molecular flexibility index (Phi) is 2.81. The van der Waals surface area contributed by atoms with E-state index in [-0.39, 0.29) is 5.82 Å². The first-order chi connectivity index (χ1) is 7.74. The largest absolute Gasteiger partial charge is 0.324 e. The third-order valence-electron chi connectivity index (χ3n) is 1.85. The Morgan fingerprint density at radius 3 is 2.56 bits per heavy atom. The normalized spacial score (nSPS) is 9.81. The van der Waals surface area contributed by atoms with E-state index >= 15 is 0 Å². The quantitative estimate of drug-likeness (QED) is 0.726. The summed E-state index contributed by atoms with van der Waals surface area (Å²) in [7, 11) is 0. The second-order valence-electron chi connectivity index (χ2n) is 3.06. The summed E-state index contributed by atoms with van der Waals surface area (Å²) < 4.78 is 12.6. The lowest BCUT2D eigenvalue weighted by molar-refractivity contribution is 0.262. The maximum Gasteiger partial charge on any atom is 0.324 e. The van der Waals surface area contributed by atoms with Crippen molar-refractivity contribution in [2.45, 2.75) is 0 Å². The molecule has 0 bridgehead atoms. The number of anilines is 2. The van der Waals surface area contributed by atoms with Gasteiger partial charge in [0.05, 0.1) is 6.20 Å². The van der Waals surface area contributed by atoms with E-state index in [2.05, 4.69) is 20.8 Å². The van der Waals surface area contributed by atoms with Crippen LogP contribution in [-0.2, 0) is 0 Å². The number of rotatable bonds is 2. The zero-order valence-corrected chi connectivity index (χ0v) is 8.20. The molecule has 0 saturated carbocycles. The van der Waals surface area contributed by atoms with Gasteiger partial charge in [-0.1, -0.05) is 0 Å². The van der Waals surface area contributed by atoms with Gasteiger partial charge in [0.15, 0.2) is 0 Å². The molecule has 1 heterocycles. The molecule has 0 aliphatic rings. The van der Waals surface area contributed by atoms with Crippen molar-refractivity contribution in [2.24, 2.45) is 0 Å². The Hall–Kier alpha value is -2.37. The van der Waals surface area contributed by atoms with Gasteiger partial charge in [0.1, 0.15) is 11.6 Å². The lowest BCUT2D eigenvalue weighted by Crippen LogP contribution is -2.19. The van der Waals surface area contributed by atoms with E-state index < -0.39 is 6.03 Å². The van der Waals surface area contributed by atoms with Crippen molar-refractivity contribution in [3.63, 3.8) is 0 Å². The Labute approximate surface area is 90.7 Å². The third kappa shape index (κ3) is 2.57. The molecule has 0 atom stereocenters. The second kappa shape index (κ2) is 4.43. The first kappa shape index (κ1) is 10.2. The molecule has 5 nitrogen and oxygen atoms in total. The molecule has 2 rings (SSSR count). The van der Waals surface area contributed by atoms with Gasteiger partial charge >= 0.3 is 6.03 Å². The lowest BCUT2D eigenvalue weighted by atomic mass is 10.3. The summed E-state index contributed by atoms with van der Waals surface area (Å²) in [5, 5.41) is 11.3. The number of amides is 2. The number of hydrogen-bond acceptors (Lipinski definition) is 2. The molecule has 1 aromatic heterocycles. The number of carbonyl (C=O) groups is 1. The van der Waals surface area contributed by atoms with E-state index in [4.69, 9.17) is 0 Å². The average Bonchev–Trinajstić information content (AvgIpc) is 2.74. The predicted octanol–water partition coefficient (Wildman–Crippen LogP) is 2.19. The van der Waals surface area contributed by atoms with Gasteiger partial charge in [-0.15, -0.1) is 0 Å². The fourth-order valence-corrected chi connectivity index (χ4v) is 1.14. The Balaban J connectivity index is 1.95. The highest BCUT2D eigenvalue weighted by molar-refractivity contribution is 5.99. The molecule has 0 saturated heterocycles. The number of urea groups is 1. The summed E-state index contributed by atoms with van der Waals surface area (Å²) in [6.45, 7) is 0. The Morgan fingerprint density at radius 2 is 1.94 bits per heavy atom. The van der Waals surface area contributed by atoms with Crippen LogP contribution in [0.4, 0.5) is 20.7 Å². The molecule has 1 aromatic carbocycles. The maximum absolute atomic E-state index is 12.6. The summed E-state index contributed by atoms with van der Waals surface area (Å²) in [6.07, 6.45) is 1.52. The highest BCUT2D eigenvalue weighted by Gasteiger charge is 2.02. The maximum atomic E-state index is 12.6. The van der Waals surface area contributed by atoms with E-state index in [9.17, 15) is 9.18 Å². The van der Waals surface area contributed by atoms with Gasteiger partial charge in [-0.2, -0.15) is 5.10 Å². The Morgan fingerprint density at radius 1 is 1.19 bits per heavy atom. The Bertz CT molecular complexity index is 466. The zero-order valence-electron chi connectivity index (χ0n) is 8.20. The van der Waals surface area contributed by atoms with Gasteiger partial charge in [-0.25, -0.2) is 9.18 Å². The predicted molar refractivity (Wildman–Crippen MR) is 57.6 cm³/mol. The van der Waals surface area contributed by atoms with Crippen LogP contribution in [0.15, 0.2) is 36.5 Å². The highest BCUT2D eigenvalue weighted by atomic mass is 19.1. The molecule has 16 heavy (non-hydrogen) atoms. The van der Waals surface area contributed by atoms with E-state index in [1.54, 1.807) is 6.07 Å². The summed E-state index contributed by atoms with van der Waals surface area (Å²) in [5.74, 6) is 0.138. The van der Waals surface area contributed by atoms with Crippen LogP contribution in [0, 0.1) is 5.82 Å². The number of carbonyl (C=O) groups excluding carboxylic acids is 1. The molecule has 0 aliphatic carbocycles. The van der Waals surface area contributed by atoms with E-state index in [1.165, 1.54) is 30.5 Å². The minimum atomic E-state index is -0.421. The van der Waals surface area contributed by atoms with Crippen LogP contribution in [0.25, 0.3) is 0 Å². The fraction of sp³-hybridized carbons (Fsp3) is 0. The number of nitrogens with one attached hydrogen (secondary N) is 3. The highest BCUT2D eigenvalue weighted by Crippen LogP contribution is 2.08. The van der Waals surface area contributed by atoms with E-state index in [0.29, 0.717) is 11.5 Å². The van der Waals surface area contributed by atoms with Crippen molar-refractivity contribution < 1.29 is 9.18 Å².